The van der Waals surface area contributed by atoms with Gasteiger partial charge in [0, 0.05) is 18.5 Å². The molecule has 0 radical (unpaired) electrons. The number of amides is 1. The molecule has 0 unspecified atom stereocenters. The first-order valence-electron chi connectivity index (χ1n) is 8.10. The van der Waals surface area contributed by atoms with Gasteiger partial charge >= 0.3 is 0 Å². The number of rotatable bonds is 5. The number of carbonyl (C=O) groups excluding carboxylic acids is 1. The highest BCUT2D eigenvalue weighted by atomic mass is 16.5. The summed E-state index contributed by atoms with van der Waals surface area (Å²) in [5.41, 5.74) is 1.45. The summed E-state index contributed by atoms with van der Waals surface area (Å²) < 4.78 is 21.7. The number of fused-ring (bicyclic) bond motifs is 1. The van der Waals surface area contributed by atoms with Gasteiger partial charge in [-0.2, -0.15) is 0 Å². The Hall–Kier alpha value is -2.89. The van der Waals surface area contributed by atoms with Gasteiger partial charge in [-0.25, -0.2) is 0 Å². The molecule has 0 saturated heterocycles. The summed E-state index contributed by atoms with van der Waals surface area (Å²) >= 11 is 0. The molecule has 0 saturated carbocycles. The number of benzene rings is 2. The van der Waals surface area contributed by atoms with Gasteiger partial charge in [-0.1, -0.05) is 6.07 Å². The lowest BCUT2D eigenvalue weighted by Crippen LogP contribution is -2.22. The Labute approximate surface area is 146 Å². The highest BCUT2D eigenvalue weighted by Crippen LogP contribution is 2.30. The van der Waals surface area contributed by atoms with Crippen LogP contribution >= 0.6 is 0 Å². The lowest BCUT2D eigenvalue weighted by molar-refractivity contribution is 0.0950. The van der Waals surface area contributed by atoms with Crippen LogP contribution in [0.3, 0.4) is 0 Å². The fourth-order valence-corrected chi connectivity index (χ4v) is 2.58. The summed E-state index contributed by atoms with van der Waals surface area (Å²) in [5, 5.41) is 2.89. The maximum atomic E-state index is 12.4. The third-order valence-corrected chi connectivity index (χ3v) is 3.91. The minimum Gasteiger partial charge on any atom is -0.493 e. The topological polar surface area (TPSA) is 66.0 Å². The first-order valence-corrected chi connectivity index (χ1v) is 8.10. The van der Waals surface area contributed by atoms with E-state index in [4.69, 9.17) is 18.9 Å². The van der Waals surface area contributed by atoms with Crippen molar-refractivity contribution >= 4 is 5.91 Å². The van der Waals surface area contributed by atoms with Crippen LogP contribution in [0.25, 0.3) is 0 Å². The monoisotopic (exact) mass is 343 g/mol. The Morgan fingerprint density at radius 3 is 2.52 bits per heavy atom. The number of nitrogens with one attached hydrogen (secondary N) is 1. The molecule has 2 aromatic rings. The molecule has 6 heteroatoms. The maximum absolute atomic E-state index is 12.4. The lowest BCUT2D eigenvalue weighted by Gasteiger charge is -2.11. The van der Waals surface area contributed by atoms with Gasteiger partial charge < -0.3 is 24.3 Å². The van der Waals surface area contributed by atoms with Gasteiger partial charge in [0.15, 0.2) is 23.0 Å². The number of hydrogen-bond acceptors (Lipinski definition) is 5. The highest BCUT2D eigenvalue weighted by Gasteiger charge is 2.14. The van der Waals surface area contributed by atoms with Gasteiger partial charge in [0.1, 0.15) is 0 Å². The van der Waals surface area contributed by atoms with Gasteiger partial charge in [-0.3, -0.25) is 4.79 Å². The van der Waals surface area contributed by atoms with Crippen molar-refractivity contribution in [3.05, 3.63) is 47.5 Å². The van der Waals surface area contributed by atoms with Crippen LogP contribution < -0.4 is 24.3 Å². The molecular formula is C19H21NO5. The predicted molar refractivity (Wildman–Crippen MR) is 92.8 cm³/mol. The van der Waals surface area contributed by atoms with Crippen molar-refractivity contribution in [3.8, 4) is 23.0 Å². The zero-order chi connectivity index (χ0) is 17.6. The maximum Gasteiger partial charge on any atom is 0.251 e. The minimum atomic E-state index is -0.176. The van der Waals surface area contributed by atoms with Crippen LogP contribution in [-0.2, 0) is 6.54 Å². The molecule has 2 aromatic carbocycles. The van der Waals surface area contributed by atoms with Gasteiger partial charge in [0.2, 0.25) is 0 Å². The van der Waals surface area contributed by atoms with Gasteiger partial charge in [-0.15, -0.1) is 0 Å². The molecule has 0 atom stereocenters. The molecule has 0 spiro atoms. The van der Waals surface area contributed by atoms with Crippen LogP contribution in [-0.4, -0.2) is 33.3 Å². The highest BCUT2D eigenvalue weighted by molar-refractivity contribution is 5.94. The van der Waals surface area contributed by atoms with Gasteiger partial charge in [0.25, 0.3) is 5.91 Å². The van der Waals surface area contributed by atoms with E-state index in [9.17, 15) is 4.79 Å². The SMILES string of the molecule is COc1ccc(CNC(=O)c2ccc3c(c2)OCCCO3)cc1OC. The Morgan fingerprint density at radius 2 is 1.76 bits per heavy atom. The van der Waals surface area contributed by atoms with Crippen molar-refractivity contribution in [2.24, 2.45) is 0 Å². The molecule has 3 rings (SSSR count). The summed E-state index contributed by atoms with van der Waals surface area (Å²) in [6.45, 7) is 1.59. The molecule has 0 aliphatic carbocycles. The number of methoxy groups -OCH3 is 2. The first kappa shape index (κ1) is 17.0. The van der Waals surface area contributed by atoms with Crippen LogP contribution in [0.15, 0.2) is 36.4 Å². The summed E-state index contributed by atoms with van der Waals surface area (Å²) in [5.74, 6) is 2.39. The molecule has 1 amide bonds. The molecule has 1 N–H and O–H groups in total. The fraction of sp³-hybridized carbons (Fsp3) is 0.316. The average molecular weight is 343 g/mol. The molecular weight excluding hydrogens is 322 g/mol. The van der Waals surface area contributed by atoms with E-state index in [2.05, 4.69) is 5.32 Å². The van der Waals surface area contributed by atoms with Crippen LogP contribution in [0, 0.1) is 0 Å². The number of hydrogen-bond donors (Lipinski definition) is 1. The molecule has 0 aromatic heterocycles. The number of carbonyl (C=O) groups is 1. The van der Waals surface area contributed by atoms with E-state index in [-0.39, 0.29) is 5.91 Å². The molecule has 1 aliphatic heterocycles. The van der Waals surface area contributed by atoms with Crippen molar-refractivity contribution < 1.29 is 23.7 Å². The molecule has 0 fully saturated rings. The summed E-state index contributed by atoms with van der Waals surface area (Å²) in [4.78, 5) is 12.4. The zero-order valence-electron chi connectivity index (χ0n) is 14.3. The molecule has 1 heterocycles. The Kier molecular flexibility index (Phi) is 5.28. The zero-order valence-corrected chi connectivity index (χ0v) is 14.3. The second-order valence-corrected chi connectivity index (χ2v) is 5.58. The van der Waals surface area contributed by atoms with Crippen LogP contribution in [0.4, 0.5) is 0 Å². The average Bonchev–Trinajstić information content (AvgIpc) is 2.90. The van der Waals surface area contributed by atoms with Crippen molar-refractivity contribution in [1.29, 1.82) is 0 Å². The third-order valence-electron chi connectivity index (χ3n) is 3.91. The van der Waals surface area contributed by atoms with E-state index < -0.39 is 0 Å². The summed E-state index contributed by atoms with van der Waals surface area (Å²) in [6.07, 6.45) is 0.829. The molecule has 132 valence electrons. The van der Waals surface area contributed by atoms with Crippen LogP contribution in [0.1, 0.15) is 22.3 Å². The van der Waals surface area contributed by atoms with E-state index in [0.29, 0.717) is 48.3 Å². The van der Waals surface area contributed by atoms with Crippen LogP contribution in [0.5, 0.6) is 23.0 Å². The standard InChI is InChI=1S/C19H21NO5/c1-22-15-6-4-13(10-17(15)23-2)12-20-19(21)14-5-7-16-18(11-14)25-9-3-8-24-16/h4-7,10-11H,3,8-9,12H2,1-2H3,(H,20,21). The van der Waals surface area contributed by atoms with Gasteiger partial charge in [0.05, 0.1) is 27.4 Å². The predicted octanol–water partition coefficient (Wildman–Crippen LogP) is 2.80. The third kappa shape index (κ3) is 3.96. The van der Waals surface area contributed by atoms with E-state index in [1.165, 1.54) is 0 Å². The Morgan fingerprint density at radius 1 is 1.00 bits per heavy atom. The molecule has 0 bridgehead atoms. The lowest BCUT2D eigenvalue weighted by atomic mass is 10.1. The molecule has 6 nitrogen and oxygen atoms in total. The smallest absolute Gasteiger partial charge is 0.251 e. The quantitative estimate of drug-likeness (QED) is 0.904. The second kappa shape index (κ2) is 7.79. The summed E-state index contributed by atoms with van der Waals surface area (Å²) in [6, 6.07) is 10.8. The van der Waals surface area contributed by atoms with Crippen LogP contribution in [0.2, 0.25) is 0 Å². The van der Waals surface area contributed by atoms with E-state index in [0.717, 1.165) is 12.0 Å². The Bertz CT molecular complexity index is 759. The van der Waals surface area contributed by atoms with Crippen molar-refractivity contribution in [1.82, 2.24) is 5.32 Å². The van der Waals surface area contributed by atoms with Crippen molar-refractivity contribution in [2.45, 2.75) is 13.0 Å². The largest absolute Gasteiger partial charge is 0.493 e. The second-order valence-electron chi connectivity index (χ2n) is 5.58. The van der Waals surface area contributed by atoms with E-state index in [1.807, 2.05) is 18.2 Å². The van der Waals surface area contributed by atoms with E-state index >= 15 is 0 Å². The first-order chi connectivity index (χ1) is 12.2. The normalized spacial score (nSPS) is 12.9. The fourth-order valence-electron chi connectivity index (χ4n) is 2.58. The molecule has 1 aliphatic rings. The van der Waals surface area contributed by atoms with Crippen molar-refractivity contribution in [2.75, 3.05) is 27.4 Å². The molecule has 25 heavy (non-hydrogen) atoms. The summed E-state index contributed by atoms with van der Waals surface area (Å²) in [7, 11) is 3.17. The number of ether oxygens (including phenoxy) is 4. The Balaban J connectivity index is 1.67. The van der Waals surface area contributed by atoms with Crippen molar-refractivity contribution in [3.63, 3.8) is 0 Å². The minimum absolute atomic E-state index is 0.176. The van der Waals surface area contributed by atoms with E-state index in [1.54, 1.807) is 32.4 Å². The van der Waals surface area contributed by atoms with Gasteiger partial charge in [-0.05, 0) is 35.9 Å².